The van der Waals surface area contributed by atoms with Crippen LogP contribution >= 0.6 is 0 Å². The van der Waals surface area contributed by atoms with Crippen molar-refractivity contribution in [3.63, 3.8) is 0 Å². The lowest BCUT2D eigenvalue weighted by Crippen LogP contribution is -2.23. The first-order valence-electron chi connectivity index (χ1n) is 11.0. The number of halogens is 1. The number of aryl methyl sites for hydroxylation is 2. The molecule has 0 aliphatic carbocycles. The maximum Gasteiger partial charge on any atom is 0.220 e. The summed E-state index contributed by atoms with van der Waals surface area (Å²) in [5, 5.41) is 8.41. The molecule has 4 aromatic rings. The number of methoxy groups -OCH3 is 2. The molecule has 1 amide bonds. The first-order chi connectivity index (χ1) is 16.4. The summed E-state index contributed by atoms with van der Waals surface area (Å²) >= 11 is 0. The molecule has 176 valence electrons. The van der Waals surface area contributed by atoms with Crippen LogP contribution < -0.4 is 14.8 Å². The summed E-state index contributed by atoms with van der Waals surface area (Å²) in [7, 11) is 3.16. The largest absolute Gasteiger partial charge is 0.496 e. The molecule has 2 heterocycles. The molecule has 0 spiro atoms. The van der Waals surface area contributed by atoms with E-state index in [4.69, 9.17) is 9.47 Å². The molecular formula is C26H27FN4O3. The van der Waals surface area contributed by atoms with E-state index in [1.807, 2.05) is 38.1 Å². The van der Waals surface area contributed by atoms with Crippen molar-refractivity contribution in [3.05, 3.63) is 76.7 Å². The topological polar surface area (TPSA) is 78.3 Å². The Morgan fingerprint density at radius 2 is 1.88 bits per heavy atom. The highest BCUT2D eigenvalue weighted by molar-refractivity contribution is 5.86. The molecule has 34 heavy (non-hydrogen) atoms. The Balaban J connectivity index is 1.57. The third kappa shape index (κ3) is 4.57. The molecule has 0 aliphatic rings. The van der Waals surface area contributed by atoms with E-state index in [0.717, 1.165) is 33.5 Å². The zero-order valence-corrected chi connectivity index (χ0v) is 19.7. The van der Waals surface area contributed by atoms with Gasteiger partial charge in [-0.2, -0.15) is 10.1 Å². The molecule has 0 atom stereocenters. The van der Waals surface area contributed by atoms with E-state index < -0.39 is 0 Å². The van der Waals surface area contributed by atoms with Gasteiger partial charge in [-0.15, -0.1) is 0 Å². The monoisotopic (exact) mass is 462 g/mol. The molecule has 4 rings (SSSR count). The van der Waals surface area contributed by atoms with Crippen molar-refractivity contribution in [3.8, 4) is 17.3 Å². The van der Waals surface area contributed by atoms with E-state index in [9.17, 15) is 9.18 Å². The van der Waals surface area contributed by atoms with Crippen LogP contribution in [0.25, 0.3) is 16.7 Å². The van der Waals surface area contributed by atoms with E-state index in [2.05, 4.69) is 15.4 Å². The van der Waals surface area contributed by atoms with Gasteiger partial charge in [0, 0.05) is 29.5 Å². The second-order valence-corrected chi connectivity index (χ2v) is 7.99. The minimum atomic E-state index is -0.349. The number of benzene rings is 2. The highest BCUT2D eigenvalue weighted by Gasteiger charge is 2.20. The van der Waals surface area contributed by atoms with Gasteiger partial charge in [0.2, 0.25) is 11.8 Å². The number of para-hydroxylation sites is 1. The summed E-state index contributed by atoms with van der Waals surface area (Å²) < 4.78 is 26.3. The lowest BCUT2D eigenvalue weighted by atomic mass is 10.0. The fraction of sp³-hybridized carbons (Fsp3) is 0.269. The summed E-state index contributed by atoms with van der Waals surface area (Å²) in [6.07, 6.45) is 0.733. The lowest BCUT2D eigenvalue weighted by molar-refractivity contribution is -0.121. The Hall–Kier alpha value is -3.94. The molecule has 0 fully saturated rings. The van der Waals surface area contributed by atoms with Crippen LogP contribution in [-0.4, -0.2) is 34.9 Å². The smallest absolute Gasteiger partial charge is 0.220 e. The number of carbonyl (C=O) groups is 1. The molecule has 0 radical (unpaired) electrons. The van der Waals surface area contributed by atoms with Crippen LogP contribution in [-0.2, 0) is 17.8 Å². The van der Waals surface area contributed by atoms with Crippen molar-refractivity contribution in [1.29, 1.82) is 0 Å². The fourth-order valence-corrected chi connectivity index (χ4v) is 4.15. The van der Waals surface area contributed by atoms with Crippen LogP contribution in [0, 0.1) is 19.7 Å². The predicted octanol–water partition coefficient (Wildman–Crippen LogP) is 4.44. The number of hydrogen-bond donors (Lipinski definition) is 1. The zero-order valence-electron chi connectivity index (χ0n) is 19.7. The van der Waals surface area contributed by atoms with Crippen LogP contribution in [0.3, 0.4) is 0 Å². The first kappa shape index (κ1) is 23.2. The van der Waals surface area contributed by atoms with Gasteiger partial charge in [0.1, 0.15) is 11.6 Å². The van der Waals surface area contributed by atoms with Gasteiger partial charge < -0.3 is 14.8 Å². The number of rotatable bonds is 8. The number of fused-ring (bicyclic) bond motifs is 1. The molecule has 2 aromatic heterocycles. The third-order valence-corrected chi connectivity index (χ3v) is 5.85. The molecule has 0 saturated heterocycles. The van der Waals surface area contributed by atoms with Crippen molar-refractivity contribution in [2.24, 2.45) is 0 Å². The molecule has 1 N–H and O–H groups in total. The number of pyridine rings is 1. The first-order valence-corrected chi connectivity index (χ1v) is 11.0. The molecule has 2 aromatic carbocycles. The molecule has 8 heteroatoms. The maximum atomic E-state index is 13.8. The fourth-order valence-electron chi connectivity index (χ4n) is 4.15. The highest BCUT2D eigenvalue weighted by atomic mass is 19.1. The van der Waals surface area contributed by atoms with E-state index in [-0.39, 0.29) is 18.1 Å². The molecular weight excluding hydrogens is 435 g/mol. The summed E-state index contributed by atoms with van der Waals surface area (Å²) in [5.74, 6) is 0.735. The van der Waals surface area contributed by atoms with Crippen molar-refractivity contribution in [1.82, 2.24) is 20.1 Å². The van der Waals surface area contributed by atoms with Crippen LogP contribution in [0.15, 0.2) is 48.5 Å². The Labute approximate surface area is 197 Å². The Kier molecular flexibility index (Phi) is 6.77. The van der Waals surface area contributed by atoms with Gasteiger partial charge >= 0.3 is 0 Å². The van der Waals surface area contributed by atoms with Crippen molar-refractivity contribution < 1.29 is 18.7 Å². The highest BCUT2D eigenvalue weighted by Crippen LogP contribution is 2.32. The average Bonchev–Trinajstić information content (AvgIpc) is 3.18. The quantitative estimate of drug-likeness (QED) is 0.419. The van der Waals surface area contributed by atoms with Gasteiger partial charge in [-0.05, 0) is 50.1 Å². The number of nitrogens with zero attached hydrogens (tertiary/aromatic N) is 3. The second kappa shape index (κ2) is 9.91. The number of aromatic nitrogens is 3. The molecule has 0 unspecified atom stereocenters. The number of carbonyl (C=O) groups excluding carboxylic acids is 1. The number of ether oxygens (including phenoxy) is 2. The predicted molar refractivity (Wildman–Crippen MR) is 128 cm³/mol. The SMILES string of the molecule is COc1ccccc1CNC(=O)CCc1c(OC)nc2c(c(C)nn2-c2cccc(F)c2)c1C. The van der Waals surface area contributed by atoms with Crippen LogP contribution in [0.1, 0.15) is 28.8 Å². The van der Waals surface area contributed by atoms with E-state index in [1.54, 1.807) is 31.0 Å². The van der Waals surface area contributed by atoms with E-state index in [1.165, 1.54) is 12.1 Å². The second-order valence-electron chi connectivity index (χ2n) is 7.99. The van der Waals surface area contributed by atoms with Crippen LogP contribution in [0.4, 0.5) is 4.39 Å². The summed E-state index contributed by atoms with van der Waals surface area (Å²) in [4.78, 5) is 17.3. The third-order valence-electron chi connectivity index (χ3n) is 5.85. The van der Waals surface area contributed by atoms with Crippen molar-refractivity contribution >= 4 is 16.9 Å². The molecule has 0 saturated carbocycles. The minimum absolute atomic E-state index is 0.0837. The summed E-state index contributed by atoms with van der Waals surface area (Å²) in [6, 6.07) is 13.8. The van der Waals surface area contributed by atoms with Gasteiger partial charge in [0.05, 0.1) is 25.6 Å². The Bertz CT molecular complexity index is 1350. The summed E-state index contributed by atoms with van der Waals surface area (Å²) in [6.45, 7) is 4.25. The Morgan fingerprint density at radius 3 is 2.62 bits per heavy atom. The summed E-state index contributed by atoms with van der Waals surface area (Å²) in [5.41, 5.74) is 4.64. The number of hydrogen-bond acceptors (Lipinski definition) is 5. The zero-order chi connectivity index (χ0) is 24.2. The van der Waals surface area contributed by atoms with E-state index >= 15 is 0 Å². The van der Waals surface area contributed by atoms with Crippen molar-refractivity contribution in [2.75, 3.05) is 14.2 Å². The maximum absolute atomic E-state index is 13.8. The standard InChI is InChI=1S/C26H27FN4O3/c1-16-21(12-13-23(32)28-15-18-8-5-6-11-22(18)33-3)26(34-4)29-25-24(16)17(2)30-31(25)20-10-7-9-19(27)14-20/h5-11,14H,12-13,15H2,1-4H3,(H,28,32). The van der Waals surface area contributed by atoms with E-state index in [0.29, 0.717) is 30.2 Å². The van der Waals surface area contributed by atoms with Crippen LogP contribution in [0.5, 0.6) is 11.6 Å². The number of nitrogens with one attached hydrogen (secondary N) is 1. The van der Waals surface area contributed by atoms with Gasteiger partial charge in [0.15, 0.2) is 5.65 Å². The minimum Gasteiger partial charge on any atom is -0.496 e. The van der Waals surface area contributed by atoms with Crippen LogP contribution in [0.2, 0.25) is 0 Å². The molecule has 0 bridgehead atoms. The van der Waals surface area contributed by atoms with Gasteiger partial charge in [0.25, 0.3) is 0 Å². The van der Waals surface area contributed by atoms with Crippen molar-refractivity contribution in [2.45, 2.75) is 33.2 Å². The molecule has 0 aliphatic heterocycles. The Morgan fingerprint density at radius 1 is 1.09 bits per heavy atom. The normalized spacial score (nSPS) is 11.0. The van der Waals surface area contributed by atoms with Gasteiger partial charge in [-0.3, -0.25) is 4.79 Å². The molecule has 7 nitrogen and oxygen atoms in total. The average molecular weight is 463 g/mol. The lowest BCUT2D eigenvalue weighted by Gasteiger charge is -2.13. The number of amides is 1. The van der Waals surface area contributed by atoms with Gasteiger partial charge in [-0.1, -0.05) is 24.3 Å². The van der Waals surface area contributed by atoms with Gasteiger partial charge in [-0.25, -0.2) is 9.07 Å².